The van der Waals surface area contributed by atoms with Gasteiger partial charge < -0.3 is 16.2 Å². The van der Waals surface area contributed by atoms with Crippen LogP contribution in [0.25, 0.3) is 0 Å². The van der Waals surface area contributed by atoms with Crippen LogP contribution in [-0.4, -0.2) is 13.2 Å². The van der Waals surface area contributed by atoms with Crippen LogP contribution < -0.4 is 16.2 Å². The second-order valence-electron chi connectivity index (χ2n) is 3.51. The Balaban J connectivity index is 2.56. The van der Waals surface area contributed by atoms with Crippen molar-refractivity contribution in [3.8, 4) is 5.75 Å². The first-order valence-corrected chi connectivity index (χ1v) is 4.74. The van der Waals surface area contributed by atoms with Crippen LogP contribution in [0.2, 0.25) is 0 Å². The van der Waals surface area contributed by atoms with E-state index in [2.05, 4.69) is 0 Å². The average Bonchev–Trinajstić information content (AvgIpc) is 2.65. The summed E-state index contributed by atoms with van der Waals surface area (Å²) >= 11 is 0. The van der Waals surface area contributed by atoms with Gasteiger partial charge >= 0.3 is 0 Å². The number of benzene rings is 1. The lowest BCUT2D eigenvalue weighted by molar-refractivity contribution is 0.335. The van der Waals surface area contributed by atoms with Gasteiger partial charge in [0, 0.05) is 30.1 Å². The van der Waals surface area contributed by atoms with E-state index in [1.807, 2.05) is 0 Å². The fourth-order valence-electron chi connectivity index (χ4n) is 1.73. The van der Waals surface area contributed by atoms with Crippen molar-refractivity contribution in [3.63, 3.8) is 0 Å². The molecule has 1 aromatic carbocycles. The first kappa shape index (κ1) is 10.3. The van der Waals surface area contributed by atoms with Crippen LogP contribution in [0, 0.1) is 11.6 Å². The van der Waals surface area contributed by atoms with Crippen LogP contribution in [0.4, 0.5) is 8.78 Å². The van der Waals surface area contributed by atoms with E-state index in [1.165, 1.54) is 6.07 Å². The highest BCUT2D eigenvalue weighted by Gasteiger charge is 2.25. The van der Waals surface area contributed by atoms with Crippen molar-refractivity contribution in [2.45, 2.75) is 12.5 Å². The monoisotopic (exact) mass is 214 g/mol. The van der Waals surface area contributed by atoms with Crippen LogP contribution in [0.1, 0.15) is 17.2 Å². The van der Waals surface area contributed by atoms with Gasteiger partial charge in [0.25, 0.3) is 0 Å². The van der Waals surface area contributed by atoms with E-state index in [4.69, 9.17) is 16.2 Å². The van der Waals surface area contributed by atoms with Crippen LogP contribution >= 0.6 is 0 Å². The molecule has 15 heavy (non-hydrogen) atoms. The normalized spacial score (nSPS) is 16.0. The topological polar surface area (TPSA) is 61.3 Å². The van der Waals surface area contributed by atoms with E-state index in [0.717, 1.165) is 0 Å². The van der Waals surface area contributed by atoms with E-state index in [1.54, 1.807) is 0 Å². The molecule has 4 N–H and O–H groups in total. The van der Waals surface area contributed by atoms with Gasteiger partial charge in [0.15, 0.2) is 11.6 Å². The van der Waals surface area contributed by atoms with Gasteiger partial charge in [0.2, 0.25) is 0 Å². The summed E-state index contributed by atoms with van der Waals surface area (Å²) in [4.78, 5) is 0. The molecule has 0 unspecified atom stereocenters. The highest BCUT2D eigenvalue weighted by Crippen LogP contribution is 2.34. The van der Waals surface area contributed by atoms with E-state index >= 15 is 0 Å². The first-order valence-electron chi connectivity index (χ1n) is 4.74. The molecule has 0 saturated carbocycles. The summed E-state index contributed by atoms with van der Waals surface area (Å²) in [5, 5.41) is 0. The van der Waals surface area contributed by atoms with Gasteiger partial charge in [-0.25, -0.2) is 8.78 Å². The molecule has 0 fully saturated rings. The molecule has 0 aromatic heterocycles. The van der Waals surface area contributed by atoms with E-state index < -0.39 is 17.7 Å². The molecule has 0 aliphatic carbocycles. The molecule has 1 aliphatic heterocycles. The number of halogens is 2. The van der Waals surface area contributed by atoms with Gasteiger partial charge in [0.05, 0.1) is 6.61 Å². The highest BCUT2D eigenvalue weighted by molar-refractivity contribution is 5.43. The molecule has 1 aliphatic rings. The van der Waals surface area contributed by atoms with Crippen LogP contribution in [0.15, 0.2) is 6.07 Å². The van der Waals surface area contributed by atoms with Gasteiger partial charge in [-0.15, -0.1) is 0 Å². The zero-order chi connectivity index (χ0) is 11.0. The Labute approximate surface area is 86.0 Å². The third-order valence-electron chi connectivity index (χ3n) is 2.53. The predicted octanol–water partition coefficient (Wildman–Crippen LogP) is 0.858. The molecule has 1 heterocycles. The van der Waals surface area contributed by atoms with Crippen molar-refractivity contribution in [3.05, 3.63) is 28.8 Å². The molecule has 1 aromatic rings. The Kier molecular flexibility index (Phi) is 2.58. The van der Waals surface area contributed by atoms with Crippen LogP contribution in [0.3, 0.4) is 0 Å². The predicted molar refractivity (Wildman–Crippen MR) is 51.5 cm³/mol. The molecular weight excluding hydrogens is 202 g/mol. The second-order valence-corrected chi connectivity index (χ2v) is 3.51. The zero-order valence-electron chi connectivity index (χ0n) is 8.09. The summed E-state index contributed by atoms with van der Waals surface area (Å²) in [5.41, 5.74) is 11.2. The number of hydrogen-bond acceptors (Lipinski definition) is 3. The maximum Gasteiger partial charge on any atom is 0.173 e. The average molecular weight is 214 g/mol. The van der Waals surface area contributed by atoms with Crippen molar-refractivity contribution in [1.82, 2.24) is 0 Å². The standard InChI is InChI=1S/C10H12F2N2O/c11-6-3-5-1-2-15-10(5)9(12)8(6)7(14)4-13/h3,7H,1-2,4,13-14H2/t7-/m0/s1. The molecule has 5 heteroatoms. The number of nitrogens with two attached hydrogens (primary N) is 2. The summed E-state index contributed by atoms with van der Waals surface area (Å²) in [6.45, 7) is 0.375. The molecular formula is C10H12F2N2O. The van der Waals surface area contributed by atoms with Gasteiger partial charge in [-0.2, -0.15) is 0 Å². The largest absolute Gasteiger partial charge is 0.490 e. The van der Waals surface area contributed by atoms with Gasteiger partial charge in [-0.3, -0.25) is 0 Å². The fourth-order valence-corrected chi connectivity index (χ4v) is 1.73. The van der Waals surface area contributed by atoms with Gasteiger partial charge in [-0.05, 0) is 6.07 Å². The van der Waals surface area contributed by atoms with Gasteiger partial charge in [0.1, 0.15) is 5.82 Å². The number of hydrogen-bond donors (Lipinski definition) is 2. The van der Waals surface area contributed by atoms with Crippen molar-refractivity contribution in [2.24, 2.45) is 11.5 Å². The molecule has 0 saturated heterocycles. The molecule has 0 radical (unpaired) electrons. The van der Waals surface area contributed by atoms with Crippen molar-refractivity contribution in [2.75, 3.05) is 13.2 Å². The lowest BCUT2D eigenvalue weighted by Gasteiger charge is -2.13. The third kappa shape index (κ3) is 1.57. The lowest BCUT2D eigenvalue weighted by atomic mass is 10.0. The first-order chi connectivity index (χ1) is 7.15. The maximum atomic E-state index is 13.8. The Morgan fingerprint density at radius 3 is 2.87 bits per heavy atom. The summed E-state index contributed by atoms with van der Waals surface area (Å²) in [5.74, 6) is -1.23. The maximum absolute atomic E-state index is 13.8. The summed E-state index contributed by atoms with van der Waals surface area (Å²) < 4.78 is 32.4. The number of ether oxygens (including phenoxy) is 1. The molecule has 1 atom stereocenters. The minimum Gasteiger partial charge on any atom is -0.490 e. The Morgan fingerprint density at radius 2 is 2.20 bits per heavy atom. The van der Waals surface area contributed by atoms with Crippen LogP contribution in [0.5, 0.6) is 5.75 Å². The molecule has 82 valence electrons. The van der Waals surface area contributed by atoms with Crippen molar-refractivity contribution in [1.29, 1.82) is 0 Å². The number of fused-ring (bicyclic) bond motifs is 1. The summed E-state index contributed by atoms with van der Waals surface area (Å²) in [6, 6.07) is 0.440. The smallest absolute Gasteiger partial charge is 0.173 e. The zero-order valence-corrected chi connectivity index (χ0v) is 8.09. The van der Waals surface area contributed by atoms with E-state index in [-0.39, 0.29) is 17.9 Å². The molecule has 0 spiro atoms. The Bertz CT molecular complexity index is 395. The van der Waals surface area contributed by atoms with E-state index in [0.29, 0.717) is 18.6 Å². The molecule has 3 nitrogen and oxygen atoms in total. The fraction of sp³-hybridized carbons (Fsp3) is 0.400. The minimum absolute atomic E-state index is 0.00731. The Morgan fingerprint density at radius 1 is 1.47 bits per heavy atom. The SMILES string of the molecule is NC[C@H](N)c1c(F)cc2c(c1F)OCC2. The second kappa shape index (κ2) is 3.75. The lowest BCUT2D eigenvalue weighted by Crippen LogP contribution is -2.23. The highest BCUT2D eigenvalue weighted by atomic mass is 19.1. The Hall–Kier alpha value is -1.20. The van der Waals surface area contributed by atoms with E-state index in [9.17, 15) is 8.78 Å². The molecule has 0 bridgehead atoms. The number of rotatable bonds is 2. The third-order valence-corrected chi connectivity index (χ3v) is 2.53. The minimum atomic E-state index is -0.834. The van der Waals surface area contributed by atoms with Crippen molar-refractivity contribution < 1.29 is 13.5 Å². The van der Waals surface area contributed by atoms with Crippen molar-refractivity contribution >= 4 is 0 Å². The summed E-state index contributed by atoms with van der Waals surface area (Å²) in [6.07, 6.45) is 0.529. The quantitative estimate of drug-likeness (QED) is 0.767. The van der Waals surface area contributed by atoms with Crippen LogP contribution in [-0.2, 0) is 6.42 Å². The molecule has 0 amide bonds. The summed E-state index contributed by atoms with van der Waals surface area (Å²) in [7, 11) is 0. The molecule has 2 rings (SSSR count). The van der Waals surface area contributed by atoms with Gasteiger partial charge in [-0.1, -0.05) is 0 Å².